The Hall–Kier alpha value is -3.91. The summed E-state index contributed by atoms with van der Waals surface area (Å²) in [5, 5.41) is 21.4. The minimum Gasteiger partial charge on any atom is -0.506 e. The SMILES string of the molecule is CC(C)=CCC[C@]1(C)C=Cc2c(O)c3c(c(CC=C(C)C)c2O1)O[C@]12C(=C[C@@H]4CC1C(C)(C)O[C@@]2(CC=C(C)C(=O)O)C4=O)C3=O. The summed E-state index contributed by atoms with van der Waals surface area (Å²) in [5.41, 5.74) is -0.952. The highest BCUT2D eigenvalue weighted by atomic mass is 16.6. The molecule has 1 aromatic rings. The van der Waals surface area contributed by atoms with E-state index in [0.717, 1.165) is 12.0 Å². The minimum atomic E-state index is -1.63. The number of rotatable bonds is 8. The Morgan fingerprint density at radius 2 is 1.70 bits per heavy atom. The van der Waals surface area contributed by atoms with E-state index >= 15 is 0 Å². The zero-order valence-electron chi connectivity index (χ0n) is 28.0. The predicted octanol–water partition coefficient (Wildman–Crippen LogP) is 7.24. The fourth-order valence-corrected chi connectivity index (χ4v) is 8.17. The fraction of sp³-hybridized carbons (Fsp3) is 0.500. The van der Waals surface area contributed by atoms with Crippen molar-refractivity contribution < 1.29 is 38.8 Å². The highest BCUT2D eigenvalue weighted by Gasteiger charge is 2.81. The maximum Gasteiger partial charge on any atom is 0.330 e. The van der Waals surface area contributed by atoms with Gasteiger partial charge in [-0.05, 0) is 93.2 Å². The molecule has 3 heterocycles. The molecular formula is C38H44O8. The van der Waals surface area contributed by atoms with Gasteiger partial charge in [-0.1, -0.05) is 35.5 Å². The van der Waals surface area contributed by atoms with Crippen molar-refractivity contribution in [3.05, 3.63) is 69.4 Å². The van der Waals surface area contributed by atoms with Crippen LogP contribution in [0.2, 0.25) is 0 Å². The molecule has 7 rings (SSSR count). The third kappa shape index (κ3) is 4.47. The first kappa shape index (κ1) is 32.0. The van der Waals surface area contributed by atoms with Crippen LogP contribution in [0.25, 0.3) is 6.08 Å². The molecular weight excluding hydrogens is 584 g/mol. The van der Waals surface area contributed by atoms with E-state index in [9.17, 15) is 24.6 Å². The van der Waals surface area contributed by atoms with Crippen LogP contribution in [0.1, 0.15) is 103 Å². The number of ketones is 2. The van der Waals surface area contributed by atoms with E-state index in [2.05, 4.69) is 19.9 Å². The van der Waals surface area contributed by atoms with Crippen LogP contribution in [0, 0.1) is 11.8 Å². The number of hydrogen-bond donors (Lipinski definition) is 2. The van der Waals surface area contributed by atoms with Crippen LogP contribution >= 0.6 is 0 Å². The van der Waals surface area contributed by atoms with Crippen molar-refractivity contribution in [2.45, 2.75) is 110 Å². The van der Waals surface area contributed by atoms with Crippen molar-refractivity contribution in [2.24, 2.45) is 11.8 Å². The summed E-state index contributed by atoms with van der Waals surface area (Å²) in [7, 11) is 0. The first-order valence-electron chi connectivity index (χ1n) is 16.2. The second kappa shape index (κ2) is 10.6. The molecule has 2 fully saturated rings. The van der Waals surface area contributed by atoms with Crippen molar-refractivity contribution in [3.63, 3.8) is 0 Å². The lowest BCUT2D eigenvalue weighted by Gasteiger charge is -2.56. The van der Waals surface area contributed by atoms with Crippen LogP contribution in [0.3, 0.4) is 0 Å². The van der Waals surface area contributed by atoms with Gasteiger partial charge >= 0.3 is 5.97 Å². The van der Waals surface area contributed by atoms with E-state index in [-0.39, 0.29) is 40.8 Å². The van der Waals surface area contributed by atoms with Crippen LogP contribution in [0.4, 0.5) is 0 Å². The number of fused-ring (bicyclic) bond motifs is 2. The number of ether oxygens (including phenoxy) is 3. The van der Waals surface area contributed by atoms with E-state index in [1.165, 1.54) is 18.6 Å². The topological polar surface area (TPSA) is 119 Å². The third-order valence-corrected chi connectivity index (χ3v) is 10.5. The first-order chi connectivity index (χ1) is 21.5. The van der Waals surface area contributed by atoms with E-state index < -0.39 is 40.1 Å². The van der Waals surface area contributed by atoms with Gasteiger partial charge in [-0.25, -0.2) is 4.79 Å². The molecule has 0 amide bonds. The lowest BCUT2D eigenvalue weighted by Crippen LogP contribution is -2.72. The maximum atomic E-state index is 14.7. The molecule has 3 aliphatic carbocycles. The molecule has 1 saturated heterocycles. The van der Waals surface area contributed by atoms with Crippen molar-refractivity contribution in [2.75, 3.05) is 0 Å². The van der Waals surface area contributed by atoms with Gasteiger partial charge in [0.2, 0.25) is 0 Å². The van der Waals surface area contributed by atoms with Crippen LogP contribution in [-0.4, -0.2) is 50.2 Å². The number of carboxylic acids is 1. The van der Waals surface area contributed by atoms with Gasteiger partial charge in [-0.15, -0.1) is 0 Å². The van der Waals surface area contributed by atoms with Gasteiger partial charge in [0.15, 0.2) is 22.8 Å². The smallest absolute Gasteiger partial charge is 0.330 e. The molecule has 1 aromatic carbocycles. The van der Waals surface area contributed by atoms with Crippen LogP contribution in [-0.2, 0) is 20.7 Å². The summed E-state index contributed by atoms with van der Waals surface area (Å²) < 4.78 is 20.6. The molecule has 1 spiro atoms. The molecule has 46 heavy (non-hydrogen) atoms. The molecule has 5 atom stereocenters. The Kier molecular flexibility index (Phi) is 7.36. The number of carbonyl (C=O) groups is 3. The number of aromatic hydroxyl groups is 1. The lowest BCUT2D eigenvalue weighted by atomic mass is 9.51. The number of phenols is 1. The van der Waals surface area contributed by atoms with Crippen LogP contribution < -0.4 is 9.47 Å². The number of hydrogen-bond acceptors (Lipinski definition) is 7. The second-order valence-corrected chi connectivity index (χ2v) is 14.8. The number of Topliss-reactive ketones (excluding diaryl/α,β-unsaturated/α-hetero) is 2. The summed E-state index contributed by atoms with van der Waals surface area (Å²) >= 11 is 0. The number of allylic oxidation sites excluding steroid dienone is 5. The van der Waals surface area contributed by atoms with E-state index in [4.69, 9.17) is 14.2 Å². The quantitative estimate of drug-likeness (QED) is 0.228. The molecule has 1 unspecified atom stereocenters. The van der Waals surface area contributed by atoms with Gasteiger partial charge in [0.25, 0.3) is 0 Å². The number of aliphatic carboxylic acids is 1. The van der Waals surface area contributed by atoms with Crippen molar-refractivity contribution >= 4 is 23.6 Å². The van der Waals surface area contributed by atoms with Gasteiger partial charge in [0.05, 0.1) is 11.2 Å². The average molecular weight is 629 g/mol. The molecule has 0 aromatic heterocycles. The zero-order chi connectivity index (χ0) is 33.6. The van der Waals surface area contributed by atoms with E-state index in [0.29, 0.717) is 41.7 Å². The second-order valence-electron chi connectivity index (χ2n) is 14.8. The van der Waals surface area contributed by atoms with Gasteiger partial charge in [-0.2, -0.15) is 0 Å². The maximum absolute atomic E-state index is 14.7. The number of carbonyl (C=O) groups excluding carboxylic acids is 2. The number of benzene rings is 1. The van der Waals surface area contributed by atoms with Crippen molar-refractivity contribution in [3.8, 4) is 17.2 Å². The van der Waals surface area contributed by atoms with Gasteiger partial charge in [0.1, 0.15) is 28.4 Å². The van der Waals surface area contributed by atoms with Gasteiger partial charge in [-0.3, -0.25) is 9.59 Å². The van der Waals surface area contributed by atoms with Crippen molar-refractivity contribution in [1.82, 2.24) is 0 Å². The number of carboxylic acid groups (broad SMARTS) is 1. The average Bonchev–Trinajstić information content (AvgIpc) is 3.12. The Morgan fingerprint density at radius 3 is 2.35 bits per heavy atom. The van der Waals surface area contributed by atoms with Crippen LogP contribution in [0.15, 0.2) is 52.7 Å². The summed E-state index contributed by atoms with van der Waals surface area (Å²) in [6.45, 7) is 15.4. The Labute approximate surface area is 270 Å². The molecule has 6 aliphatic rings. The Bertz CT molecular complexity index is 1730. The molecule has 0 radical (unpaired) electrons. The summed E-state index contributed by atoms with van der Waals surface area (Å²) in [4.78, 5) is 40.8. The molecule has 244 valence electrons. The van der Waals surface area contributed by atoms with Gasteiger partial charge < -0.3 is 24.4 Å². The molecule has 4 bridgehead atoms. The van der Waals surface area contributed by atoms with Crippen molar-refractivity contribution in [1.29, 1.82) is 0 Å². The summed E-state index contributed by atoms with van der Waals surface area (Å²) in [6, 6.07) is 0. The highest BCUT2D eigenvalue weighted by molar-refractivity contribution is 6.19. The molecule has 2 N–H and O–H groups in total. The fourth-order valence-electron chi connectivity index (χ4n) is 8.17. The largest absolute Gasteiger partial charge is 0.506 e. The van der Waals surface area contributed by atoms with E-state index in [1.54, 1.807) is 6.08 Å². The molecule has 3 aliphatic heterocycles. The lowest BCUT2D eigenvalue weighted by molar-refractivity contribution is -0.171. The minimum absolute atomic E-state index is 0.0544. The first-order valence-corrected chi connectivity index (χ1v) is 16.2. The molecule has 8 nitrogen and oxygen atoms in total. The Balaban J connectivity index is 1.59. The zero-order valence-corrected chi connectivity index (χ0v) is 28.0. The predicted molar refractivity (Wildman–Crippen MR) is 174 cm³/mol. The monoisotopic (exact) mass is 628 g/mol. The van der Waals surface area contributed by atoms with Crippen LogP contribution in [0.5, 0.6) is 17.2 Å². The van der Waals surface area contributed by atoms with Gasteiger partial charge in [0, 0.05) is 35.0 Å². The van der Waals surface area contributed by atoms with E-state index in [1.807, 2.05) is 52.8 Å². The summed E-state index contributed by atoms with van der Waals surface area (Å²) in [5.74, 6) is -2.28. The standard InChI is InChI=1S/C38H44O8/c1-20(2)10-9-15-36(8)16-14-24-29(39)28-30(40)26-18-23-19-27-35(6,7)46-37(33(23)41,17-13-22(5)34(42)43)38(26,27)45-32(28)25(31(24)44-36)12-11-21(3)4/h10-11,13-14,16,18,23,27,39H,9,12,15,17,19H2,1-8H3,(H,42,43)/t23-,27?,36-,37+,38-/m1/s1. The summed E-state index contributed by atoms with van der Waals surface area (Å²) in [6.07, 6.45) is 13.4. The third-order valence-electron chi connectivity index (χ3n) is 10.5. The molecule has 1 saturated carbocycles. The molecule has 8 heteroatoms. The Morgan fingerprint density at radius 1 is 1.00 bits per heavy atom. The number of phenolic OH excluding ortho intramolecular Hbond substituents is 1. The normalized spacial score (nSPS) is 31.2. The highest BCUT2D eigenvalue weighted by Crippen LogP contribution is 2.68.